The van der Waals surface area contributed by atoms with E-state index in [0.717, 1.165) is 43.4 Å². The lowest BCUT2D eigenvalue weighted by molar-refractivity contribution is 0.0766. The van der Waals surface area contributed by atoms with Crippen LogP contribution >= 0.6 is 0 Å². The first-order valence-electron chi connectivity index (χ1n) is 14.4. The van der Waals surface area contributed by atoms with E-state index in [2.05, 4.69) is 20.5 Å². The van der Waals surface area contributed by atoms with Gasteiger partial charge in [0.15, 0.2) is 0 Å². The summed E-state index contributed by atoms with van der Waals surface area (Å²) in [7, 11) is 0. The fraction of sp³-hybridized carbons (Fsp3) is 0.375. The highest BCUT2D eigenvalue weighted by atomic mass is 16.2. The molecule has 9 heteroatoms. The molecule has 5 rings (SSSR count). The molecule has 4 N–H and O–H groups in total. The van der Waals surface area contributed by atoms with Crippen LogP contribution in [0.15, 0.2) is 67.0 Å². The van der Waals surface area contributed by atoms with Gasteiger partial charge in [0.2, 0.25) is 0 Å². The smallest absolute Gasteiger partial charge is 0.255 e. The van der Waals surface area contributed by atoms with Gasteiger partial charge in [-0.2, -0.15) is 0 Å². The van der Waals surface area contributed by atoms with E-state index < -0.39 is 0 Å². The maximum atomic E-state index is 13.2. The number of anilines is 2. The Kier molecular flexibility index (Phi) is 8.94. The minimum Gasteiger partial charge on any atom is -0.368 e. The van der Waals surface area contributed by atoms with E-state index in [0.29, 0.717) is 48.6 Å². The highest BCUT2D eigenvalue weighted by Gasteiger charge is 2.25. The van der Waals surface area contributed by atoms with Crippen LogP contribution in [-0.4, -0.2) is 65.9 Å². The topological polar surface area (TPSA) is 121 Å². The minimum absolute atomic E-state index is 0.0254. The van der Waals surface area contributed by atoms with E-state index in [4.69, 9.17) is 5.73 Å². The second-order valence-electron chi connectivity index (χ2n) is 11.0. The van der Waals surface area contributed by atoms with Crippen LogP contribution in [0.3, 0.4) is 0 Å². The van der Waals surface area contributed by atoms with Crippen molar-refractivity contribution in [3.05, 3.63) is 89.2 Å². The first-order valence-corrected chi connectivity index (χ1v) is 14.4. The number of amides is 3. The van der Waals surface area contributed by atoms with E-state index >= 15 is 0 Å². The first kappa shape index (κ1) is 28.3. The van der Waals surface area contributed by atoms with Gasteiger partial charge in [0.05, 0.1) is 11.4 Å². The number of rotatable bonds is 6. The molecule has 1 saturated carbocycles. The third kappa shape index (κ3) is 7.10. The number of carbonyl (C=O) groups is 3. The van der Waals surface area contributed by atoms with E-state index in [9.17, 15) is 14.4 Å². The molecule has 0 unspecified atom stereocenters. The largest absolute Gasteiger partial charge is 0.368 e. The number of nitrogens with one attached hydrogen (secondary N) is 2. The van der Waals surface area contributed by atoms with Gasteiger partial charge in [-0.05, 0) is 81.5 Å². The first-order chi connectivity index (χ1) is 19.9. The summed E-state index contributed by atoms with van der Waals surface area (Å²) >= 11 is 0. The molecule has 2 aromatic carbocycles. The predicted octanol–water partition coefficient (Wildman–Crippen LogP) is 3.99. The monoisotopic (exact) mass is 554 g/mol. The van der Waals surface area contributed by atoms with Crippen LogP contribution in [0, 0.1) is 6.92 Å². The number of nitrogens with two attached hydrogens (primary N) is 1. The lowest BCUT2D eigenvalue weighted by Crippen LogP contribution is -2.40. The molecule has 2 aliphatic rings. The normalized spacial score (nSPS) is 19.3. The van der Waals surface area contributed by atoms with E-state index in [-0.39, 0.29) is 29.8 Å². The molecule has 0 atom stereocenters. The Balaban J connectivity index is 1.35. The van der Waals surface area contributed by atoms with Crippen molar-refractivity contribution < 1.29 is 14.4 Å². The zero-order valence-corrected chi connectivity index (χ0v) is 23.5. The van der Waals surface area contributed by atoms with Crippen molar-refractivity contribution in [2.75, 3.05) is 36.4 Å². The number of hydrogen-bond donors (Lipinski definition) is 3. The van der Waals surface area contributed by atoms with Crippen molar-refractivity contribution in [1.82, 2.24) is 15.2 Å². The summed E-state index contributed by atoms with van der Waals surface area (Å²) in [6.45, 7) is 4.49. The standard InChI is InChI=1S/C32H38N6O3/c1-22-4-2-5-25(20-22)32(41)38-17-3-16-37(18-19-38)29-11-6-24(31(40)35-27-9-7-26(33)8-10-27)21-28(29)36-30(39)23-12-14-34-15-13-23/h2,4-6,11-15,20-21,26-27H,3,7-10,16-19,33H2,1H3,(H,35,40)(H,36,39). The number of nitrogens with zero attached hydrogens (tertiary/aromatic N) is 3. The Morgan fingerprint density at radius 1 is 0.829 bits per heavy atom. The Bertz CT molecular complexity index is 1390. The van der Waals surface area contributed by atoms with Gasteiger partial charge in [0, 0.05) is 67.3 Å². The molecular weight excluding hydrogens is 516 g/mol. The average molecular weight is 555 g/mol. The Labute approximate surface area is 241 Å². The molecule has 41 heavy (non-hydrogen) atoms. The van der Waals surface area contributed by atoms with Gasteiger partial charge in [-0.25, -0.2) is 0 Å². The molecule has 3 aromatic rings. The maximum absolute atomic E-state index is 13.2. The summed E-state index contributed by atoms with van der Waals surface area (Å²) in [6, 6.07) is 16.7. The van der Waals surface area contributed by atoms with Crippen molar-refractivity contribution in [2.24, 2.45) is 5.73 Å². The van der Waals surface area contributed by atoms with Crippen molar-refractivity contribution in [3.63, 3.8) is 0 Å². The maximum Gasteiger partial charge on any atom is 0.255 e. The molecule has 1 saturated heterocycles. The molecule has 0 bridgehead atoms. The number of benzene rings is 2. The second-order valence-corrected chi connectivity index (χ2v) is 11.0. The molecule has 1 aliphatic heterocycles. The number of hydrogen-bond acceptors (Lipinski definition) is 6. The Morgan fingerprint density at radius 2 is 1.61 bits per heavy atom. The number of carbonyl (C=O) groups excluding carboxylic acids is 3. The highest BCUT2D eigenvalue weighted by molar-refractivity contribution is 6.07. The quantitative estimate of drug-likeness (QED) is 0.424. The predicted molar refractivity (Wildman–Crippen MR) is 160 cm³/mol. The minimum atomic E-state index is -0.279. The van der Waals surface area contributed by atoms with Gasteiger partial charge < -0.3 is 26.2 Å². The number of aryl methyl sites for hydroxylation is 1. The van der Waals surface area contributed by atoms with Crippen molar-refractivity contribution in [3.8, 4) is 0 Å². The molecule has 1 aliphatic carbocycles. The van der Waals surface area contributed by atoms with Crippen LogP contribution in [0.1, 0.15) is 68.7 Å². The van der Waals surface area contributed by atoms with Crippen LogP contribution < -0.4 is 21.3 Å². The summed E-state index contributed by atoms with van der Waals surface area (Å²) in [5, 5.41) is 6.17. The third-order valence-electron chi connectivity index (χ3n) is 7.95. The molecule has 1 aromatic heterocycles. The summed E-state index contributed by atoms with van der Waals surface area (Å²) in [5.41, 5.74) is 10.1. The fourth-order valence-electron chi connectivity index (χ4n) is 5.61. The SMILES string of the molecule is Cc1cccc(C(=O)N2CCCN(c3ccc(C(=O)NC4CCC(N)CC4)cc3NC(=O)c3ccncc3)CC2)c1. The summed E-state index contributed by atoms with van der Waals surface area (Å²) in [4.78, 5) is 47.6. The highest BCUT2D eigenvalue weighted by Crippen LogP contribution is 2.30. The van der Waals surface area contributed by atoms with Crippen molar-refractivity contribution >= 4 is 29.1 Å². The van der Waals surface area contributed by atoms with Crippen LogP contribution in [0.4, 0.5) is 11.4 Å². The van der Waals surface area contributed by atoms with Crippen LogP contribution in [0.2, 0.25) is 0 Å². The molecule has 9 nitrogen and oxygen atoms in total. The molecule has 0 radical (unpaired) electrons. The van der Waals surface area contributed by atoms with Gasteiger partial charge in [-0.3, -0.25) is 19.4 Å². The van der Waals surface area contributed by atoms with Gasteiger partial charge in [0.1, 0.15) is 0 Å². The van der Waals surface area contributed by atoms with Crippen molar-refractivity contribution in [2.45, 2.75) is 51.1 Å². The molecule has 214 valence electrons. The molecule has 3 amide bonds. The van der Waals surface area contributed by atoms with Crippen LogP contribution in [-0.2, 0) is 0 Å². The second kappa shape index (κ2) is 13.0. The van der Waals surface area contributed by atoms with E-state index in [1.807, 2.05) is 48.2 Å². The average Bonchev–Trinajstić information content (AvgIpc) is 3.25. The Morgan fingerprint density at radius 3 is 2.37 bits per heavy atom. The summed E-state index contributed by atoms with van der Waals surface area (Å²) < 4.78 is 0. The third-order valence-corrected chi connectivity index (χ3v) is 7.95. The van der Waals surface area contributed by atoms with Gasteiger partial charge in [-0.1, -0.05) is 17.7 Å². The number of aromatic nitrogens is 1. The van der Waals surface area contributed by atoms with Gasteiger partial charge in [-0.15, -0.1) is 0 Å². The van der Waals surface area contributed by atoms with E-state index in [1.54, 1.807) is 30.6 Å². The fourth-order valence-corrected chi connectivity index (χ4v) is 5.61. The molecule has 0 spiro atoms. The summed E-state index contributed by atoms with van der Waals surface area (Å²) in [6.07, 6.45) is 7.45. The zero-order valence-electron chi connectivity index (χ0n) is 23.5. The molecule has 2 heterocycles. The van der Waals surface area contributed by atoms with Crippen LogP contribution in [0.25, 0.3) is 0 Å². The molecule has 2 fully saturated rings. The lowest BCUT2D eigenvalue weighted by atomic mass is 9.91. The zero-order chi connectivity index (χ0) is 28.8. The van der Waals surface area contributed by atoms with Gasteiger partial charge >= 0.3 is 0 Å². The summed E-state index contributed by atoms with van der Waals surface area (Å²) in [5.74, 6) is -0.418. The van der Waals surface area contributed by atoms with Crippen LogP contribution in [0.5, 0.6) is 0 Å². The number of pyridine rings is 1. The molecular formula is C32H38N6O3. The van der Waals surface area contributed by atoms with Crippen molar-refractivity contribution in [1.29, 1.82) is 0 Å². The van der Waals surface area contributed by atoms with E-state index in [1.165, 1.54) is 0 Å². The van der Waals surface area contributed by atoms with Gasteiger partial charge in [0.25, 0.3) is 17.7 Å². The lowest BCUT2D eigenvalue weighted by Gasteiger charge is -2.28. The Hall–Kier alpha value is -4.24.